The van der Waals surface area contributed by atoms with Crippen molar-refractivity contribution in [3.63, 3.8) is 0 Å². The van der Waals surface area contributed by atoms with Crippen LogP contribution in [-0.4, -0.2) is 6.54 Å². The Bertz CT molecular complexity index is 558. The first-order chi connectivity index (χ1) is 9.13. The van der Waals surface area contributed by atoms with Crippen LogP contribution < -0.4 is 5.32 Å². The van der Waals surface area contributed by atoms with Crippen molar-refractivity contribution in [2.45, 2.75) is 19.4 Å². The fraction of sp³-hybridized carbons (Fsp3) is 0.286. The van der Waals surface area contributed by atoms with E-state index in [1.54, 1.807) is 23.5 Å². The average Bonchev–Trinajstić information content (AvgIpc) is 2.80. The monoisotopic (exact) mass is 361 g/mol. The summed E-state index contributed by atoms with van der Waals surface area (Å²) in [6.07, 6.45) is 0.987. The van der Waals surface area contributed by atoms with Crippen molar-refractivity contribution in [2.75, 3.05) is 6.54 Å². The summed E-state index contributed by atoms with van der Waals surface area (Å²) < 4.78 is 15.1. The summed E-state index contributed by atoms with van der Waals surface area (Å²) in [5.41, 5.74) is 1.62. The van der Waals surface area contributed by atoms with E-state index in [0.717, 1.165) is 23.0 Å². The summed E-state index contributed by atoms with van der Waals surface area (Å²) in [6.45, 7) is 2.90. The van der Waals surface area contributed by atoms with E-state index in [0.29, 0.717) is 10.6 Å². The van der Waals surface area contributed by atoms with Crippen LogP contribution >= 0.6 is 38.9 Å². The summed E-state index contributed by atoms with van der Waals surface area (Å²) in [7, 11) is 0. The van der Waals surface area contributed by atoms with Crippen LogP contribution in [0.4, 0.5) is 4.39 Å². The normalized spacial score (nSPS) is 12.6. The molecule has 0 aliphatic rings. The molecule has 0 aliphatic carbocycles. The van der Waals surface area contributed by atoms with Gasteiger partial charge < -0.3 is 5.32 Å². The van der Waals surface area contributed by atoms with Crippen LogP contribution in [0.3, 0.4) is 0 Å². The lowest BCUT2D eigenvalue weighted by molar-refractivity contribution is 0.546. The molecule has 1 atom stereocenters. The lowest BCUT2D eigenvalue weighted by Gasteiger charge is -2.20. The van der Waals surface area contributed by atoms with Gasteiger partial charge in [0.25, 0.3) is 0 Å². The van der Waals surface area contributed by atoms with Crippen LogP contribution in [0.5, 0.6) is 0 Å². The van der Waals surface area contributed by atoms with E-state index in [9.17, 15) is 4.39 Å². The topological polar surface area (TPSA) is 12.0 Å². The molecule has 0 amide bonds. The van der Waals surface area contributed by atoms with Crippen LogP contribution in [-0.2, 0) is 0 Å². The van der Waals surface area contributed by atoms with Crippen molar-refractivity contribution in [3.8, 4) is 0 Å². The van der Waals surface area contributed by atoms with Crippen molar-refractivity contribution in [1.82, 2.24) is 5.32 Å². The van der Waals surface area contributed by atoms with Gasteiger partial charge in [-0.2, -0.15) is 11.3 Å². The van der Waals surface area contributed by atoms with Crippen LogP contribution in [0, 0.1) is 5.82 Å². The first kappa shape index (κ1) is 15.0. The first-order valence-corrected chi connectivity index (χ1v) is 8.14. The van der Waals surface area contributed by atoms with Gasteiger partial charge in [-0.05, 0) is 58.0 Å². The number of hydrogen-bond acceptors (Lipinski definition) is 2. The number of thiophene rings is 1. The summed E-state index contributed by atoms with van der Waals surface area (Å²) in [5.74, 6) is -0.240. The maximum Gasteiger partial charge on any atom is 0.128 e. The van der Waals surface area contributed by atoms with E-state index >= 15 is 0 Å². The molecule has 2 rings (SSSR count). The molecule has 1 nitrogen and oxygen atoms in total. The molecule has 5 heteroatoms. The quantitative estimate of drug-likeness (QED) is 0.751. The molecule has 0 saturated carbocycles. The van der Waals surface area contributed by atoms with Crippen molar-refractivity contribution in [3.05, 3.63) is 55.4 Å². The molecule has 2 aromatic rings. The minimum atomic E-state index is -0.240. The Hall–Kier alpha value is -0.420. The number of halogens is 3. The molecule has 1 aromatic carbocycles. The molecule has 1 unspecified atom stereocenters. The van der Waals surface area contributed by atoms with Gasteiger partial charge in [0.05, 0.1) is 6.04 Å². The van der Waals surface area contributed by atoms with E-state index < -0.39 is 0 Å². The second kappa shape index (κ2) is 6.84. The van der Waals surface area contributed by atoms with Gasteiger partial charge in [0, 0.05) is 20.4 Å². The Morgan fingerprint density at radius 3 is 2.79 bits per heavy atom. The van der Waals surface area contributed by atoms with Crippen LogP contribution in [0.25, 0.3) is 0 Å². The summed E-state index contributed by atoms with van der Waals surface area (Å²) in [5, 5.41) is 7.95. The van der Waals surface area contributed by atoms with E-state index in [-0.39, 0.29) is 11.9 Å². The highest BCUT2D eigenvalue weighted by atomic mass is 79.9. The van der Waals surface area contributed by atoms with Crippen LogP contribution in [0.2, 0.25) is 5.02 Å². The van der Waals surface area contributed by atoms with Gasteiger partial charge >= 0.3 is 0 Å². The third-order valence-corrected chi connectivity index (χ3v) is 4.81. The summed E-state index contributed by atoms with van der Waals surface area (Å²) in [4.78, 5) is 0. The average molecular weight is 363 g/mol. The van der Waals surface area contributed by atoms with Gasteiger partial charge in [-0.3, -0.25) is 0 Å². The highest BCUT2D eigenvalue weighted by Crippen LogP contribution is 2.33. The lowest BCUT2D eigenvalue weighted by atomic mass is 10.0. The Morgan fingerprint density at radius 2 is 2.16 bits per heavy atom. The number of nitrogens with one attached hydrogen (secondary N) is 1. The fourth-order valence-electron chi connectivity index (χ4n) is 1.91. The third-order valence-electron chi connectivity index (χ3n) is 2.82. The number of rotatable bonds is 5. The zero-order chi connectivity index (χ0) is 13.8. The van der Waals surface area contributed by atoms with E-state index in [1.165, 1.54) is 6.07 Å². The van der Waals surface area contributed by atoms with E-state index in [1.807, 2.05) is 10.8 Å². The zero-order valence-electron chi connectivity index (χ0n) is 10.4. The molecule has 1 aromatic heterocycles. The Labute approximate surface area is 129 Å². The molecule has 0 radical (unpaired) electrons. The van der Waals surface area contributed by atoms with Gasteiger partial charge in [0.1, 0.15) is 5.82 Å². The highest BCUT2D eigenvalue weighted by molar-refractivity contribution is 9.10. The standard InChI is InChI=1S/C14H14BrClFNS/c1-2-5-18-14(11-7-19-8-12(11)15)10-6-9(16)3-4-13(10)17/h3-4,6-8,14,18H,2,5H2,1H3. The van der Waals surface area contributed by atoms with E-state index in [4.69, 9.17) is 11.6 Å². The molecular weight excluding hydrogens is 349 g/mol. The van der Waals surface area contributed by atoms with Gasteiger partial charge in [-0.1, -0.05) is 18.5 Å². The number of hydrogen-bond donors (Lipinski definition) is 1. The summed E-state index contributed by atoms with van der Waals surface area (Å²) in [6, 6.07) is 4.49. The fourth-order valence-corrected chi connectivity index (χ4v) is 3.64. The molecule has 1 heterocycles. The molecule has 0 aliphatic heterocycles. The third kappa shape index (κ3) is 3.57. The molecule has 102 valence electrons. The van der Waals surface area contributed by atoms with Crippen LogP contribution in [0.15, 0.2) is 33.4 Å². The van der Waals surface area contributed by atoms with Crippen molar-refractivity contribution in [2.24, 2.45) is 0 Å². The molecule has 0 saturated heterocycles. The first-order valence-electron chi connectivity index (χ1n) is 6.03. The van der Waals surface area contributed by atoms with Crippen molar-refractivity contribution < 1.29 is 4.39 Å². The molecule has 0 spiro atoms. The Balaban J connectivity index is 2.42. The van der Waals surface area contributed by atoms with Gasteiger partial charge in [-0.25, -0.2) is 4.39 Å². The van der Waals surface area contributed by atoms with Gasteiger partial charge in [-0.15, -0.1) is 0 Å². The maximum atomic E-state index is 14.1. The minimum absolute atomic E-state index is 0.181. The summed E-state index contributed by atoms with van der Waals surface area (Å²) >= 11 is 11.1. The molecular formula is C14H14BrClFNS. The Morgan fingerprint density at radius 1 is 1.37 bits per heavy atom. The minimum Gasteiger partial charge on any atom is -0.306 e. The predicted octanol–water partition coefficient (Wildman–Crippen LogP) is 5.39. The second-order valence-electron chi connectivity index (χ2n) is 4.23. The zero-order valence-corrected chi connectivity index (χ0v) is 13.6. The van der Waals surface area contributed by atoms with Gasteiger partial charge in [0.15, 0.2) is 0 Å². The smallest absolute Gasteiger partial charge is 0.128 e. The van der Waals surface area contributed by atoms with E-state index in [2.05, 4.69) is 28.2 Å². The maximum absolute atomic E-state index is 14.1. The molecule has 0 fully saturated rings. The molecule has 0 bridgehead atoms. The van der Waals surface area contributed by atoms with Gasteiger partial charge in [0.2, 0.25) is 0 Å². The molecule has 19 heavy (non-hydrogen) atoms. The SMILES string of the molecule is CCCNC(c1cc(Cl)ccc1F)c1cscc1Br. The molecule has 1 N–H and O–H groups in total. The van der Waals surface area contributed by atoms with Crippen molar-refractivity contribution >= 4 is 38.9 Å². The second-order valence-corrected chi connectivity index (χ2v) is 6.26. The van der Waals surface area contributed by atoms with Crippen molar-refractivity contribution in [1.29, 1.82) is 0 Å². The highest BCUT2D eigenvalue weighted by Gasteiger charge is 2.20. The predicted molar refractivity (Wildman–Crippen MR) is 83.6 cm³/mol. The van der Waals surface area contributed by atoms with Crippen LogP contribution in [0.1, 0.15) is 30.5 Å². The number of benzene rings is 1. The lowest BCUT2D eigenvalue weighted by Crippen LogP contribution is -2.24. The largest absolute Gasteiger partial charge is 0.306 e. The Kier molecular flexibility index (Phi) is 5.39.